The highest BCUT2D eigenvalue weighted by atomic mass is 32.2. The standard InChI is InChI=1S/C23H39N3O4S/c27-22(24-18-12-13-18)16-6-4-8-19(14-16)25-23(28)17-7-5-9-20(15-17)26-31(29,30)21-10-2-1-3-11-21/h16-21,26H,1-15H2,(H,24,27)(H,25,28). The summed E-state index contributed by atoms with van der Waals surface area (Å²) in [4.78, 5) is 25.4. The Balaban J connectivity index is 1.25. The van der Waals surface area contributed by atoms with E-state index >= 15 is 0 Å². The van der Waals surface area contributed by atoms with E-state index in [4.69, 9.17) is 0 Å². The topological polar surface area (TPSA) is 104 Å². The maximum Gasteiger partial charge on any atom is 0.223 e. The van der Waals surface area contributed by atoms with E-state index in [1.807, 2.05) is 0 Å². The summed E-state index contributed by atoms with van der Waals surface area (Å²) in [6.45, 7) is 0. The molecule has 4 rings (SSSR count). The van der Waals surface area contributed by atoms with Gasteiger partial charge < -0.3 is 10.6 Å². The largest absolute Gasteiger partial charge is 0.353 e. The third-order valence-electron chi connectivity index (χ3n) is 7.68. The zero-order chi connectivity index (χ0) is 21.8. The molecule has 4 unspecified atom stereocenters. The fourth-order valence-corrected chi connectivity index (χ4v) is 7.49. The Kier molecular flexibility index (Phi) is 7.57. The number of hydrogen-bond donors (Lipinski definition) is 3. The second-order valence-electron chi connectivity index (χ2n) is 10.3. The molecule has 0 aromatic rings. The van der Waals surface area contributed by atoms with Crippen molar-refractivity contribution in [1.82, 2.24) is 15.4 Å². The maximum atomic E-state index is 13.0. The summed E-state index contributed by atoms with van der Waals surface area (Å²) in [6.07, 6.45) is 13.4. The Labute approximate surface area is 186 Å². The molecule has 0 aromatic carbocycles. The molecule has 0 bridgehead atoms. The van der Waals surface area contributed by atoms with Crippen LogP contribution in [0, 0.1) is 11.8 Å². The van der Waals surface area contributed by atoms with Crippen molar-refractivity contribution in [3.05, 3.63) is 0 Å². The minimum atomic E-state index is -3.31. The molecule has 0 radical (unpaired) electrons. The van der Waals surface area contributed by atoms with Gasteiger partial charge in [-0.2, -0.15) is 0 Å². The first kappa shape index (κ1) is 23.0. The summed E-state index contributed by atoms with van der Waals surface area (Å²) < 4.78 is 28.5. The molecule has 4 saturated carbocycles. The molecular formula is C23H39N3O4S. The van der Waals surface area contributed by atoms with Crippen LogP contribution in [0.1, 0.15) is 96.3 Å². The van der Waals surface area contributed by atoms with Crippen LogP contribution in [0.25, 0.3) is 0 Å². The summed E-state index contributed by atoms with van der Waals surface area (Å²) in [5, 5.41) is 6.02. The zero-order valence-corrected chi connectivity index (χ0v) is 19.4. The molecule has 31 heavy (non-hydrogen) atoms. The summed E-state index contributed by atoms with van der Waals surface area (Å²) in [5.41, 5.74) is 0. The van der Waals surface area contributed by atoms with Crippen molar-refractivity contribution < 1.29 is 18.0 Å². The molecule has 4 aliphatic carbocycles. The van der Waals surface area contributed by atoms with Gasteiger partial charge in [0.25, 0.3) is 0 Å². The lowest BCUT2D eigenvalue weighted by Gasteiger charge is -2.33. The molecule has 0 heterocycles. The highest BCUT2D eigenvalue weighted by molar-refractivity contribution is 7.90. The van der Waals surface area contributed by atoms with E-state index in [2.05, 4.69) is 15.4 Å². The SMILES string of the molecule is O=C(NC1CC1)C1CCCC(NC(=O)C2CCCC(NS(=O)(=O)C3CCCCC3)C2)C1. The van der Waals surface area contributed by atoms with Crippen LogP contribution in [0.3, 0.4) is 0 Å². The van der Waals surface area contributed by atoms with Crippen LogP contribution in [0.5, 0.6) is 0 Å². The minimum Gasteiger partial charge on any atom is -0.353 e. The predicted molar refractivity (Wildman–Crippen MR) is 120 cm³/mol. The molecule has 8 heteroatoms. The maximum absolute atomic E-state index is 13.0. The zero-order valence-electron chi connectivity index (χ0n) is 18.6. The molecule has 3 N–H and O–H groups in total. The minimum absolute atomic E-state index is 0.000979. The van der Waals surface area contributed by atoms with Gasteiger partial charge >= 0.3 is 0 Å². The van der Waals surface area contributed by atoms with Crippen molar-refractivity contribution in [2.45, 2.75) is 120 Å². The van der Waals surface area contributed by atoms with E-state index < -0.39 is 10.0 Å². The second kappa shape index (κ2) is 10.2. The van der Waals surface area contributed by atoms with E-state index in [0.29, 0.717) is 12.5 Å². The first-order valence-electron chi connectivity index (χ1n) is 12.5. The fourth-order valence-electron chi connectivity index (χ4n) is 5.66. The van der Waals surface area contributed by atoms with Crippen molar-refractivity contribution in [2.75, 3.05) is 0 Å². The molecule has 4 aliphatic rings. The number of hydrogen-bond acceptors (Lipinski definition) is 4. The Morgan fingerprint density at radius 2 is 1.13 bits per heavy atom. The number of nitrogens with one attached hydrogen (secondary N) is 3. The summed E-state index contributed by atoms with van der Waals surface area (Å²) in [6, 6.07) is 0.286. The van der Waals surface area contributed by atoms with Crippen LogP contribution >= 0.6 is 0 Å². The molecule has 0 saturated heterocycles. The number of sulfonamides is 1. The highest BCUT2D eigenvalue weighted by Gasteiger charge is 2.35. The molecule has 0 aliphatic heterocycles. The van der Waals surface area contributed by atoms with Gasteiger partial charge in [-0.25, -0.2) is 13.1 Å². The van der Waals surface area contributed by atoms with Gasteiger partial charge in [0.15, 0.2) is 0 Å². The van der Waals surface area contributed by atoms with E-state index in [9.17, 15) is 18.0 Å². The lowest BCUT2D eigenvalue weighted by atomic mass is 9.83. The molecule has 7 nitrogen and oxygen atoms in total. The van der Waals surface area contributed by atoms with E-state index in [1.165, 1.54) is 0 Å². The van der Waals surface area contributed by atoms with Crippen molar-refractivity contribution in [3.8, 4) is 0 Å². The van der Waals surface area contributed by atoms with Gasteiger partial charge in [-0.15, -0.1) is 0 Å². The van der Waals surface area contributed by atoms with Crippen molar-refractivity contribution in [1.29, 1.82) is 0 Å². The molecule has 0 aromatic heterocycles. The van der Waals surface area contributed by atoms with Gasteiger partial charge in [-0.1, -0.05) is 32.1 Å². The third kappa shape index (κ3) is 6.44. The predicted octanol–water partition coefficient (Wildman–Crippen LogP) is 2.75. The van der Waals surface area contributed by atoms with Crippen molar-refractivity contribution in [2.24, 2.45) is 11.8 Å². The van der Waals surface area contributed by atoms with Gasteiger partial charge in [0.05, 0.1) is 5.25 Å². The normalized spacial score (nSPS) is 32.9. The highest BCUT2D eigenvalue weighted by Crippen LogP contribution is 2.30. The van der Waals surface area contributed by atoms with E-state index in [0.717, 1.165) is 89.9 Å². The Morgan fingerprint density at radius 1 is 0.581 bits per heavy atom. The average molecular weight is 454 g/mol. The van der Waals surface area contributed by atoms with Gasteiger partial charge in [-0.05, 0) is 64.2 Å². The number of amides is 2. The molecule has 4 fully saturated rings. The lowest BCUT2D eigenvalue weighted by molar-refractivity contribution is -0.129. The van der Waals surface area contributed by atoms with Crippen molar-refractivity contribution in [3.63, 3.8) is 0 Å². The van der Waals surface area contributed by atoms with Gasteiger partial charge in [0.2, 0.25) is 21.8 Å². The summed E-state index contributed by atoms with van der Waals surface area (Å²) in [7, 11) is -3.31. The number of carbonyl (C=O) groups is 2. The quantitative estimate of drug-likeness (QED) is 0.551. The van der Waals surface area contributed by atoms with Gasteiger partial charge in [-0.3, -0.25) is 9.59 Å². The Hall–Kier alpha value is -1.15. The second-order valence-corrected chi connectivity index (χ2v) is 12.3. The van der Waals surface area contributed by atoms with E-state index in [-0.39, 0.29) is 41.0 Å². The molecular weight excluding hydrogens is 414 g/mol. The van der Waals surface area contributed by atoms with Crippen LogP contribution in [-0.2, 0) is 19.6 Å². The third-order valence-corrected chi connectivity index (χ3v) is 9.69. The first-order valence-corrected chi connectivity index (χ1v) is 14.1. The number of rotatable bonds is 7. The summed E-state index contributed by atoms with van der Waals surface area (Å²) >= 11 is 0. The summed E-state index contributed by atoms with van der Waals surface area (Å²) in [5.74, 6) is 0.0423. The van der Waals surface area contributed by atoms with Crippen LogP contribution in [0.2, 0.25) is 0 Å². The molecule has 4 atom stereocenters. The average Bonchev–Trinajstić information content (AvgIpc) is 3.58. The van der Waals surface area contributed by atoms with Crippen LogP contribution < -0.4 is 15.4 Å². The molecule has 0 spiro atoms. The molecule has 2 amide bonds. The number of carbonyl (C=O) groups excluding carboxylic acids is 2. The van der Waals surface area contributed by atoms with Crippen molar-refractivity contribution >= 4 is 21.8 Å². The van der Waals surface area contributed by atoms with Crippen LogP contribution in [-0.4, -0.2) is 43.6 Å². The van der Waals surface area contributed by atoms with Gasteiger partial charge in [0, 0.05) is 30.0 Å². The molecule has 176 valence electrons. The van der Waals surface area contributed by atoms with Gasteiger partial charge in [0.1, 0.15) is 0 Å². The lowest BCUT2D eigenvalue weighted by Crippen LogP contribution is -2.48. The van der Waals surface area contributed by atoms with Crippen LogP contribution in [0.15, 0.2) is 0 Å². The monoisotopic (exact) mass is 453 g/mol. The van der Waals surface area contributed by atoms with Crippen LogP contribution in [0.4, 0.5) is 0 Å². The first-order chi connectivity index (χ1) is 14.9. The smallest absolute Gasteiger partial charge is 0.223 e. The Bertz CT molecular complexity index is 746. The van der Waals surface area contributed by atoms with E-state index in [1.54, 1.807) is 0 Å². The fraction of sp³-hybridized carbons (Fsp3) is 0.913. The Morgan fingerprint density at radius 3 is 1.74 bits per heavy atom.